The second kappa shape index (κ2) is 7.65. The summed E-state index contributed by atoms with van der Waals surface area (Å²) in [4.78, 5) is 51.1. The fourth-order valence-electron chi connectivity index (χ4n) is 4.61. The van der Waals surface area contributed by atoms with Crippen LogP contribution in [0.25, 0.3) is 0 Å². The molecule has 148 valence electrons. The van der Waals surface area contributed by atoms with Crippen LogP contribution in [0.1, 0.15) is 16.8 Å². The molecule has 6 nitrogen and oxygen atoms in total. The van der Waals surface area contributed by atoms with Gasteiger partial charge in [-0.15, -0.1) is 0 Å². The highest BCUT2D eigenvalue weighted by atomic mass is 79.9. The number of carbonyl (C=O) groups is 4. The molecule has 3 fully saturated rings. The normalized spacial score (nSPS) is 33.3. The van der Waals surface area contributed by atoms with Crippen LogP contribution in [-0.4, -0.2) is 51.3 Å². The van der Waals surface area contributed by atoms with Crippen LogP contribution in [0, 0.1) is 23.7 Å². The number of imide groups is 1. The van der Waals surface area contributed by atoms with Crippen molar-refractivity contribution in [2.75, 3.05) is 13.2 Å². The molecule has 2 saturated carbocycles. The minimum absolute atomic E-state index is 0.0934. The third-order valence-electron chi connectivity index (χ3n) is 5.90. The maximum atomic E-state index is 12.8. The summed E-state index contributed by atoms with van der Waals surface area (Å²) in [6.45, 7) is -0.876. The monoisotopic (exact) mass is 575 g/mol. The largest absolute Gasteiger partial charge is 0.456 e. The first-order valence-corrected chi connectivity index (χ1v) is 11.5. The number of likely N-dealkylation sites (tertiary alicyclic amines) is 1. The summed E-state index contributed by atoms with van der Waals surface area (Å²) in [6, 6.07) is 6.69. The van der Waals surface area contributed by atoms with E-state index in [0.717, 1.165) is 15.8 Å². The number of benzene rings is 1. The van der Waals surface area contributed by atoms with Crippen molar-refractivity contribution in [1.82, 2.24) is 4.90 Å². The highest BCUT2D eigenvalue weighted by Crippen LogP contribution is 2.60. The van der Waals surface area contributed by atoms with Crippen molar-refractivity contribution in [1.29, 1.82) is 0 Å². The van der Waals surface area contributed by atoms with Gasteiger partial charge in [0.15, 0.2) is 12.4 Å². The zero-order chi connectivity index (χ0) is 20.2. The Morgan fingerprint density at radius 1 is 1.00 bits per heavy atom. The SMILES string of the molecule is O=C(CN1C(=O)C2C3CC(C(Br)C3Br)C2C1=O)OCC(=O)c1ccc(Br)cc1. The highest BCUT2D eigenvalue weighted by molar-refractivity contribution is 9.12. The van der Waals surface area contributed by atoms with Crippen molar-refractivity contribution in [2.45, 2.75) is 16.1 Å². The molecule has 0 spiro atoms. The first kappa shape index (κ1) is 20.2. The Hall–Kier alpha value is -1.06. The van der Waals surface area contributed by atoms with Gasteiger partial charge in [-0.05, 0) is 30.4 Å². The number of carbonyl (C=O) groups excluding carboxylic acids is 4. The van der Waals surface area contributed by atoms with Crippen LogP contribution in [0.5, 0.6) is 0 Å². The Labute approximate surface area is 186 Å². The van der Waals surface area contributed by atoms with Crippen molar-refractivity contribution in [3.05, 3.63) is 34.3 Å². The molecule has 0 radical (unpaired) electrons. The lowest BCUT2D eigenvalue weighted by Gasteiger charge is -2.28. The Balaban J connectivity index is 1.36. The predicted octanol–water partition coefficient (Wildman–Crippen LogP) is 2.95. The molecule has 2 bridgehead atoms. The third kappa shape index (κ3) is 3.29. The zero-order valence-electron chi connectivity index (χ0n) is 14.5. The first-order valence-electron chi connectivity index (χ1n) is 8.87. The molecule has 6 unspecified atom stereocenters. The average molecular weight is 578 g/mol. The van der Waals surface area contributed by atoms with Gasteiger partial charge >= 0.3 is 5.97 Å². The maximum absolute atomic E-state index is 12.8. The Kier molecular flexibility index (Phi) is 5.52. The molecule has 1 aliphatic heterocycles. The van der Waals surface area contributed by atoms with Crippen LogP contribution in [0.3, 0.4) is 0 Å². The van der Waals surface area contributed by atoms with E-state index >= 15 is 0 Å². The number of halogens is 3. The highest BCUT2D eigenvalue weighted by Gasteiger charge is 2.66. The third-order valence-corrected chi connectivity index (χ3v) is 9.63. The van der Waals surface area contributed by atoms with Crippen LogP contribution in [0.2, 0.25) is 0 Å². The lowest BCUT2D eigenvalue weighted by atomic mass is 9.81. The standard InChI is InChI=1S/C19H16Br3NO5/c20-9-3-1-8(2-4-9)12(24)7-28-13(25)6-23-18(26)14-10-5-11(15(14)19(23)27)17(22)16(10)21/h1-4,10-11,14-17H,5-7H2. The molecule has 1 heterocycles. The fourth-order valence-corrected chi connectivity index (χ4v) is 6.74. The van der Waals surface area contributed by atoms with Gasteiger partial charge in [0.25, 0.3) is 0 Å². The number of ketones is 1. The van der Waals surface area contributed by atoms with Gasteiger partial charge in [0.05, 0.1) is 11.8 Å². The summed E-state index contributed by atoms with van der Waals surface area (Å²) < 4.78 is 5.85. The predicted molar refractivity (Wildman–Crippen MR) is 110 cm³/mol. The molecule has 6 atom stereocenters. The molecule has 1 saturated heterocycles. The van der Waals surface area contributed by atoms with Gasteiger partial charge in [-0.2, -0.15) is 0 Å². The Morgan fingerprint density at radius 3 is 2.07 bits per heavy atom. The number of hydrogen-bond acceptors (Lipinski definition) is 5. The molecule has 28 heavy (non-hydrogen) atoms. The Bertz CT molecular complexity index is 826. The van der Waals surface area contributed by atoms with Crippen molar-refractivity contribution in [3.8, 4) is 0 Å². The molecular weight excluding hydrogens is 562 g/mol. The second-order valence-corrected chi connectivity index (χ2v) is 10.4. The van der Waals surface area contributed by atoms with Crippen LogP contribution in [-0.2, 0) is 19.1 Å². The van der Waals surface area contributed by atoms with E-state index in [0.29, 0.717) is 5.56 Å². The summed E-state index contributed by atoms with van der Waals surface area (Å²) in [5, 5.41) is 0. The lowest BCUT2D eigenvalue weighted by molar-refractivity contribution is -0.152. The van der Waals surface area contributed by atoms with Crippen LogP contribution >= 0.6 is 47.8 Å². The van der Waals surface area contributed by atoms with E-state index in [1.807, 2.05) is 0 Å². The smallest absolute Gasteiger partial charge is 0.326 e. The summed E-state index contributed by atoms with van der Waals surface area (Å²) >= 11 is 10.5. The lowest BCUT2D eigenvalue weighted by Crippen LogP contribution is -2.38. The van der Waals surface area contributed by atoms with E-state index in [-0.39, 0.29) is 50.9 Å². The van der Waals surface area contributed by atoms with Crippen molar-refractivity contribution in [2.24, 2.45) is 23.7 Å². The van der Waals surface area contributed by atoms with E-state index in [1.54, 1.807) is 24.3 Å². The molecule has 4 rings (SSSR count). The van der Waals surface area contributed by atoms with E-state index in [1.165, 1.54) is 0 Å². The van der Waals surface area contributed by atoms with Crippen LogP contribution in [0.15, 0.2) is 28.7 Å². The minimum atomic E-state index is -0.759. The average Bonchev–Trinajstić information content (AvgIpc) is 3.27. The molecule has 1 aromatic rings. The number of alkyl halides is 2. The fraction of sp³-hybridized carbons (Fsp3) is 0.474. The Morgan fingerprint density at radius 2 is 1.54 bits per heavy atom. The number of Topliss-reactive ketones (excluding diaryl/α,β-unsaturated/α-hetero) is 1. The zero-order valence-corrected chi connectivity index (χ0v) is 19.3. The number of fused-ring (bicyclic) bond motifs is 5. The molecule has 0 aromatic heterocycles. The summed E-state index contributed by atoms with van der Waals surface area (Å²) in [7, 11) is 0. The van der Waals surface area contributed by atoms with Gasteiger partial charge < -0.3 is 4.74 Å². The summed E-state index contributed by atoms with van der Waals surface area (Å²) in [6.07, 6.45) is 0.832. The molecule has 2 amide bonds. The first-order chi connectivity index (χ1) is 13.3. The van der Waals surface area contributed by atoms with Crippen LogP contribution in [0.4, 0.5) is 0 Å². The summed E-state index contributed by atoms with van der Waals surface area (Å²) in [5.41, 5.74) is 0.419. The number of rotatable bonds is 5. The number of amides is 2. The van der Waals surface area contributed by atoms with Gasteiger partial charge in [-0.3, -0.25) is 24.1 Å². The quantitative estimate of drug-likeness (QED) is 0.233. The number of ether oxygens (including phenoxy) is 1. The van der Waals surface area contributed by atoms with E-state index in [9.17, 15) is 19.2 Å². The second-order valence-electron chi connectivity index (χ2n) is 7.36. The van der Waals surface area contributed by atoms with Gasteiger partial charge in [-0.25, -0.2) is 0 Å². The van der Waals surface area contributed by atoms with Gasteiger partial charge in [0.1, 0.15) is 6.54 Å². The molecular formula is C19H16Br3NO5. The molecule has 1 aromatic carbocycles. The molecule has 3 aliphatic rings. The summed E-state index contributed by atoms with van der Waals surface area (Å²) in [5.74, 6) is -2.26. The maximum Gasteiger partial charge on any atom is 0.326 e. The van der Waals surface area contributed by atoms with Gasteiger partial charge in [0.2, 0.25) is 11.8 Å². The molecule has 2 aliphatic carbocycles. The number of hydrogen-bond donors (Lipinski definition) is 0. The van der Waals surface area contributed by atoms with Crippen molar-refractivity contribution in [3.63, 3.8) is 0 Å². The molecule has 0 N–H and O–H groups in total. The van der Waals surface area contributed by atoms with Gasteiger partial charge in [0, 0.05) is 19.7 Å². The van der Waals surface area contributed by atoms with E-state index in [2.05, 4.69) is 47.8 Å². The minimum Gasteiger partial charge on any atom is -0.456 e. The van der Waals surface area contributed by atoms with Crippen molar-refractivity contribution < 1.29 is 23.9 Å². The van der Waals surface area contributed by atoms with E-state index in [4.69, 9.17) is 4.74 Å². The van der Waals surface area contributed by atoms with Crippen LogP contribution < -0.4 is 0 Å². The van der Waals surface area contributed by atoms with E-state index < -0.39 is 19.1 Å². The van der Waals surface area contributed by atoms with Crippen molar-refractivity contribution >= 4 is 71.4 Å². The topological polar surface area (TPSA) is 80.8 Å². The molecule has 9 heteroatoms. The number of esters is 1. The number of nitrogens with zero attached hydrogens (tertiary/aromatic N) is 1. The van der Waals surface area contributed by atoms with Gasteiger partial charge in [-0.1, -0.05) is 59.9 Å².